The van der Waals surface area contributed by atoms with E-state index in [-0.39, 0.29) is 5.41 Å². The predicted molar refractivity (Wildman–Crippen MR) is 94.4 cm³/mol. The van der Waals surface area contributed by atoms with Gasteiger partial charge in [0.1, 0.15) is 11.3 Å². The minimum Gasteiger partial charge on any atom is -0.456 e. The van der Waals surface area contributed by atoms with Crippen molar-refractivity contribution in [1.82, 2.24) is 0 Å². The number of furan rings is 1. The molecule has 3 aromatic rings. The molecule has 0 fully saturated rings. The minimum absolute atomic E-state index is 0.179. The maximum absolute atomic E-state index is 6.01. The molecule has 0 atom stereocenters. The lowest BCUT2D eigenvalue weighted by atomic mass is 9.86. The lowest BCUT2D eigenvalue weighted by Gasteiger charge is -2.18. The first-order valence-electron chi connectivity index (χ1n) is 7.99. The Hall–Kier alpha value is -2.02. The molecule has 0 bridgehead atoms. The van der Waals surface area contributed by atoms with Crippen LogP contribution in [-0.2, 0) is 5.41 Å². The average Bonchev–Trinajstić information content (AvgIpc) is 2.89. The van der Waals surface area contributed by atoms with Crippen LogP contribution in [0.5, 0.6) is 0 Å². The van der Waals surface area contributed by atoms with Gasteiger partial charge in [0.2, 0.25) is 0 Å². The number of hydrogen-bond acceptors (Lipinski definition) is 1. The summed E-state index contributed by atoms with van der Waals surface area (Å²) in [6.07, 6.45) is 0. The van der Waals surface area contributed by atoms with Crippen LogP contribution in [0.1, 0.15) is 51.7 Å². The van der Waals surface area contributed by atoms with Crippen LogP contribution in [0, 0.1) is 0 Å². The molecule has 3 rings (SSSR count). The molecule has 0 saturated carbocycles. The van der Waals surface area contributed by atoms with Gasteiger partial charge in [0.05, 0.1) is 0 Å². The third-order valence-corrected chi connectivity index (χ3v) is 4.24. The molecule has 0 aliphatic heterocycles. The van der Waals surface area contributed by atoms with E-state index in [1.807, 2.05) is 0 Å². The summed E-state index contributed by atoms with van der Waals surface area (Å²) in [5.74, 6) is 1.48. The first-order valence-corrected chi connectivity index (χ1v) is 7.99. The van der Waals surface area contributed by atoms with Crippen LogP contribution in [0.2, 0.25) is 0 Å². The Kier molecular flexibility index (Phi) is 3.60. The van der Waals surface area contributed by atoms with Crippen LogP contribution in [0.4, 0.5) is 0 Å². The Balaban J connectivity index is 1.99. The fourth-order valence-electron chi connectivity index (χ4n) is 2.70. The Morgan fingerprint density at radius 3 is 2.14 bits per heavy atom. The third kappa shape index (κ3) is 2.81. The number of rotatable bonds is 2. The summed E-state index contributed by atoms with van der Waals surface area (Å²) in [7, 11) is 0. The maximum Gasteiger partial charge on any atom is 0.135 e. The molecule has 2 aromatic carbocycles. The van der Waals surface area contributed by atoms with Crippen LogP contribution >= 0.6 is 0 Å². The molecule has 0 unspecified atom stereocenters. The highest BCUT2D eigenvalue weighted by atomic mass is 16.3. The summed E-state index contributed by atoms with van der Waals surface area (Å²) in [5, 5.41) is 1.18. The molecular weight excluding hydrogens is 268 g/mol. The van der Waals surface area contributed by atoms with Gasteiger partial charge in [0.25, 0.3) is 0 Å². The van der Waals surface area contributed by atoms with Gasteiger partial charge in [-0.2, -0.15) is 0 Å². The molecule has 0 aliphatic rings. The van der Waals surface area contributed by atoms with Gasteiger partial charge in [-0.05, 0) is 40.7 Å². The van der Waals surface area contributed by atoms with E-state index in [0.29, 0.717) is 5.92 Å². The Labute approximate surface area is 133 Å². The molecule has 1 heterocycles. The van der Waals surface area contributed by atoms with Crippen molar-refractivity contribution >= 4 is 11.0 Å². The van der Waals surface area contributed by atoms with E-state index < -0.39 is 0 Å². The van der Waals surface area contributed by atoms with Crippen molar-refractivity contribution in [2.45, 2.75) is 46.0 Å². The van der Waals surface area contributed by atoms with Gasteiger partial charge in [0, 0.05) is 10.9 Å². The fourth-order valence-corrected chi connectivity index (χ4v) is 2.70. The summed E-state index contributed by atoms with van der Waals surface area (Å²) in [4.78, 5) is 0. The maximum atomic E-state index is 6.01. The van der Waals surface area contributed by atoms with E-state index in [0.717, 1.165) is 16.9 Å². The van der Waals surface area contributed by atoms with Crippen LogP contribution in [0.25, 0.3) is 22.3 Å². The standard InChI is InChI=1S/C21H24O/c1-14(2)16-8-11-19-17(12-16)13-20(22-19)15-6-9-18(10-7-15)21(3,4)5/h6-14H,1-5H3. The summed E-state index contributed by atoms with van der Waals surface area (Å²) in [5.41, 5.74) is 4.96. The summed E-state index contributed by atoms with van der Waals surface area (Å²) in [6.45, 7) is 11.1. The second-order valence-electron chi connectivity index (χ2n) is 7.39. The Morgan fingerprint density at radius 2 is 1.55 bits per heavy atom. The van der Waals surface area contributed by atoms with Crippen molar-refractivity contribution in [2.75, 3.05) is 0 Å². The highest BCUT2D eigenvalue weighted by Crippen LogP contribution is 2.31. The SMILES string of the molecule is CC(C)c1ccc2oc(-c3ccc(C(C)(C)C)cc3)cc2c1. The van der Waals surface area contributed by atoms with Crippen molar-refractivity contribution in [2.24, 2.45) is 0 Å². The number of hydrogen-bond donors (Lipinski definition) is 0. The highest BCUT2D eigenvalue weighted by Gasteiger charge is 2.14. The van der Waals surface area contributed by atoms with Crippen LogP contribution in [-0.4, -0.2) is 0 Å². The zero-order valence-electron chi connectivity index (χ0n) is 14.1. The molecule has 0 amide bonds. The summed E-state index contributed by atoms with van der Waals surface area (Å²) >= 11 is 0. The molecule has 1 aromatic heterocycles. The molecule has 1 nitrogen and oxygen atoms in total. The van der Waals surface area contributed by atoms with Crippen LogP contribution in [0.15, 0.2) is 52.9 Å². The molecule has 0 aliphatic carbocycles. The van der Waals surface area contributed by atoms with E-state index in [4.69, 9.17) is 4.42 Å². The van der Waals surface area contributed by atoms with Gasteiger partial charge in [-0.25, -0.2) is 0 Å². The van der Waals surface area contributed by atoms with Crippen molar-refractivity contribution < 1.29 is 4.42 Å². The third-order valence-electron chi connectivity index (χ3n) is 4.24. The second-order valence-corrected chi connectivity index (χ2v) is 7.39. The molecule has 0 saturated heterocycles. The van der Waals surface area contributed by atoms with E-state index in [9.17, 15) is 0 Å². The minimum atomic E-state index is 0.179. The van der Waals surface area contributed by atoms with Gasteiger partial charge >= 0.3 is 0 Å². The quantitative estimate of drug-likeness (QED) is 0.524. The van der Waals surface area contributed by atoms with Crippen LogP contribution in [0.3, 0.4) is 0 Å². The largest absolute Gasteiger partial charge is 0.456 e. The molecule has 0 spiro atoms. The van der Waals surface area contributed by atoms with Gasteiger partial charge in [-0.1, -0.05) is 65.0 Å². The smallest absolute Gasteiger partial charge is 0.135 e. The summed E-state index contributed by atoms with van der Waals surface area (Å²) < 4.78 is 6.01. The average molecular weight is 292 g/mol. The predicted octanol–water partition coefficient (Wildman–Crippen LogP) is 6.52. The first-order chi connectivity index (χ1) is 10.3. The lowest BCUT2D eigenvalue weighted by Crippen LogP contribution is -2.10. The monoisotopic (exact) mass is 292 g/mol. The molecular formula is C21H24O. The Morgan fingerprint density at radius 1 is 0.864 bits per heavy atom. The van der Waals surface area contributed by atoms with Gasteiger partial charge in [-0.15, -0.1) is 0 Å². The van der Waals surface area contributed by atoms with E-state index in [1.165, 1.54) is 16.5 Å². The Bertz CT molecular complexity index is 783. The summed E-state index contributed by atoms with van der Waals surface area (Å²) in [6, 6.07) is 17.3. The van der Waals surface area contributed by atoms with Gasteiger partial charge in [0.15, 0.2) is 0 Å². The fraction of sp³-hybridized carbons (Fsp3) is 0.333. The van der Waals surface area contributed by atoms with Crippen LogP contribution < -0.4 is 0 Å². The van der Waals surface area contributed by atoms with Crippen molar-refractivity contribution in [3.05, 3.63) is 59.7 Å². The number of benzene rings is 2. The normalized spacial score (nSPS) is 12.3. The van der Waals surface area contributed by atoms with Gasteiger partial charge in [-0.3, -0.25) is 0 Å². The second kappa shape index (κ2) is 5.31. The molecule has 114 valence electrons. The number of fused-ring (bicyclic) bond motifs is 1. The van der Waals surface area contributed by atoms with Crippen molar-refractivity contribution in [1.29, 1.82) is 0 Å². The van der Waals surface area contributed by atoms with Gasteiger partial charge < -0.3 is 4.42 Å². The molecule has 0 radical (unpaired) electrons. The zero-order chi connectivity index (χ0) is 15.9. The topological polar surface area (TPSA) is 13.1 Å². The first kappa shape index (κ1) is 14.9. The van der Waals surface area contributed by atoms with E-state index in [2.05, 4.69) is 83.1 Å². The highest BCUT2D eigenvalue weighted by molar-refractivity contribution is 5.83. The lowest BCUT2D eigenvalue weighted by molar-refractivity contribution is 0.590. The molecule has 1 heteroatoms. The van der Waals surface area contributed by atoms with Crippen molar-refractivity contribution in [3.63, 3.8) is 0 Å². The molecule has 22 heavy (non-hydrogen) atoms. The zero-order valence-corrected chi connectivity index (χ0v) is 14.1. The molecule has 0 N–H and O–H groups in total. The van der Waals surface area contributed by atoms with Crippen molar-refractivity contribution in [3.8, 4) is 11.3 Å². The van der Waals surface area contributed by atoms with E-state index >= 15 is 0 Å². The van der Waals surface area contributed by atoms with E-state index in [1.54, 1.807) is 0 Å².